The van der Waals surface area contributed by atoms with E-state index in [0.717, 1.165) is 16.7 Å². The third-order valence-corrected chi connectivity index (χ3v) is 9.09. The minimum absolute atomic E-state index is 0.0574. The number of aryl methyl sites for hydroxylation is 1. The molecular formula is C31H34BrFN4O4S. The summed E-state index contributed by atoms with van der Waals surface area (Å²) in [5.74, 6) is -1.46. The smallest absolute Gasteiger partial charge is 0.319 e. The van der Waals surface area contributed by atoms with Crippen LogP contribution in [-0.4, -0.2) is 56.7 Å². The van der Waals surface area contributed by atoms with Gasteiger partial charge >= 0.3 is 6.03 Å². The number of hydrogen-bond acceptors (Lipinski definition) is 5. The average molecular weight is 658 g/mol. The van der Waals surface area contributed by atoms with Gasteiger partial charge in [0.1, 0.15) is 11.9 Å². The van der Waals surface area contributed by atoms with Crippen LogP contribution in [0.5, 0.6) is 0 Å². The molecule has 0 unspecified atom stereocenters. The molecule has 0 radical (unpaired) electrons. The maximum atomic E-state index is 14.3. The maximum Gasteiger partial charge on any atom is 0.319 e. The number of nitrogens with one attached hydrogen (secondary N) is 3. The van der Waals surface area contributed by atoms with Crippen LogP contribution in [0.15, 0.2) is 77.3 Å². The van der Waals surface area contributed by atoms with Gasteiger partial charge in [0.15, 0.2) is 6.10 Å². The molecule has 11 heteroatoms. The predicted octanol–water partition coefficient (Wildman–Crippen LogP) is 4.99. The van der Waals surface area contributed by atoms with Crippen molar-refractivity contribution >= 4 is 51.2 Å². The van der Waals surface area contributed by atoms with E-state index in [9.17, 15) is 23.9 Å². The van der Waals surface area contributed by atoms with Gasteiger partial charge in [0, 0.05) is 15.8 Å². The number of rotatable bonds is 9. The fourth-order valence-electron chi connectivity index (χ4n) is 4.87. The van der Waals surface area contributed by atoms with Crippen LogP contribution in [0.25, 0.3) is 0 Å². The number of amides is 4. The van der Waals surface area contributed by atoms with Gasteiger partial charge in [-0.2, -0.15) is 0 Å². The fourth-order valence-corrected chi connectivity index (χ4v) is 6.34. The van der Waals surface area contributed by atoms with Gasteiger partial charge in [-0.1, -0.05) is 70.5 Å². The third-order valence-electron chi connectivity index (χ3n) is 7.22. The van der Waals surface area contributed by atoms with Gasteiger partial charge in [-0.3, -0.25) is 9.59 Å². The van der Waals surface area contributed by atoms with Crippen molar-refractivity contribution in [1.29, 1.82) is 0 Å². The summed E-state index contributed by atoms with van der Waals surface area (Å²) in [6, 6.07) is 18.3. The first kappa shape index (κ1) is 31.5. The monoisotopic (exact) mass is 656 g/mol. The van der Waals surface area contributed by atoms with E-state index in [0.29, 0.717) is 11.0 Å². The van der Waals surface area contributed by atoms with E-state index in [4.69, 9.17) is 0 Å². The normalized spacial score (nSPS) is 17.3. The summed E-state index contributed by atoms with van der Waals surface area (Å²) >= 11 is 4.62. The number of nitrogens with zero attached hydrogens (tertiary/aromatic N) is 1. The van der Waals surface area contributed by atoms with Crippen LogP contribution in [0.1, 0.15) is 30.5 Å². The zero-order valence-corrected chi connectivity index (χ0v) is 26.0. The summed E-state index contributed by atoms with van der Waals surface area (Å²) in [5.41, 5.74) is 2.72. The van der Waals surface area contributed by atoms with E-state index in [1.54, 1.807) is 6.07 Å². The number of urea groups is 1. The van der Waals surface area contributed by atoms with Crippen LogP contribution < -0.4 is 16.0 Å². The highest BCUT2D eigenvalue weighted by atomic mass is 79.9. The lowest BCUT2D eigenvalue weighted by molar-refractivity contribution is -0.147. The van der Waals surface area contributed by atoms with Gasteiger partial charge in [-0.05, 0) is 62.1 Å². The lowest BCUT2D eigenvalue weighted by atomic mass is 9.97. The Morgan fingerprint density at radius 3 is 2.48 bits per heavy atom. The van der Waals surface area contributed by atoms with Crippen LogP contribution in [0.3, 0.4) is 0 Å². The van der Waals surface area contributed by atoms with E-state index in [1.165, 1.54) is 28.8 Å². The Hall–Kier alpha value is -3.41. The molecule has 4 N–H and O–H groups in total. The van der Waals surface area contributed by atoms with Crippen molar-refractivity contribution in [1.82, 2.24) is 15.5 Å². The van der Waals surface area contributed by atoms with Gasteiger partial charge in [0.25, 0.3) is 5.91 Å². The molecule has 0 bridgehead atoms. The van der Waals surface area contributed by atoms with E-state index in [-0.39, 0.29) is 23.9 Å². The van der Waals surface area contributed by atoms with E-state index in [2.05, 4.69) is 31.9 Å². The van der Waals surface area contributed by atoms with Crippen molar-refractivity contribution < 1.29 is 23.9 Å². The highest BCUT2D eigenvalue weighted by Crippen LogP contribution is 2.40. The number of benzene rings is 3. The first-order valence-corrected chi connectivity index (χ1v) is 15.3. The average Bonchev–Trinajstić information content (AvgIpc) is 3.28. The van der Waals surface area contributed by atoms with Crippen molar-refractivity contribution in [2.24, 2.45) is 0 Å². The number of aliphatic hydroxyl groups excluding tert-OH is 1. The number of anilines is 1. The molecule has 3 aromatic carbocycles. The molecule has 1 fully saturated rings. The maximum absolute atomic E-state index is 14.3. The zero-order chi connectivity index (χ0) is 30.4. The molecule has 1 saturated heterocycles. The summed E-state index contributed by atoms with van der Waals surface area (Å²) < 4.78 is 14.2. The molecule has 42 heavy (non-hydrogen) atoms. The minimum atomic E-state index is -1.67. The standard InChI is InChI=1S/C31H34BrFN4O4S/c1-19-9-7-8-12-21(19)17-34-28(39)27-31(2,3)42-18-37(27)29(40)26(38)25(15-20-10-5-4-6-11-20)36-30(41)35-24-14-13-22(32)16-23(24)33/h4-14,16,25-27,38H,15,17-18H2,1-3H3,(H,34,39)(H2,35,36,41)/t25-,26-,27+/m0/s1. The van der Waals surface area contributed by atoms with E-state index >= 15 is 0 Å². The van der Waals surface area contributed by atoms with Gasteiger partial charge in [0.05, 0.1) is 17.6 Å². The van der Waals surface area contributed by atoms with Crippen LogP contribution in [0.4, 0.5) is 14.9 Å². The molecule has 1 heterocycles. The summed E-state index contributed by atoms with van der Waals surface area (Å²) in [7, 11) is 0. The zero-order valence-electron chi connectivity index (χ0n) is 23.6. The Balaban J connectivity index is 1.52. The molecule has 0 spiro atoms. The molecule has 1 aliphatic rings. The molecule has 222 valence electrons. The molecule has 4 rings (SSSR count). The van der Waals surface area contributed by atoms with Crippen LogP contribution in [-0.2, 0) is 22.6 Å². The summed E-state index contributed by atoms with van der Waals surface area (Å²) in [4.78, 5) is 41.5. The van der Waals surface area contributed by atoms with Crippen molar-refractivity contribution in [3.05, 3.63) is 99.8 Å². The van der Waals surface area contributed by atoms with Gasteiger partial charge in [0.2, 0.25) is 5.91 Å². The highest BCUT2D eigenvalue weighted by molar-refractivity contribution is 9.10. The number of halogens is 2. The fraction of sp³-hybridized carbons (Fsp3) is 0.323. The molecular weight excluding hydrogens is 623 g/mol. The second-order valence-corrected chi connectivity index (χ2v) is 13.2. The molecule has 0 aliphatic carbocycles. The molecule has 1 aliphatic heterocycles. The molecule has 3 aromatic rings. The Morgan fingerprint density at radius 2 is 1.79 bits per heavy atom. The molecule has 0 saturated carbocycles. The largest absolute Gasteiger partial charge is 0.381 e. The minimum Gasteiger partial charge on any atom is -0.381 e. The summed E-state index contributed by atoms with van der Waals surface area (Å²) in [6.07, 6.45) is -1.55. The summed E-state index contributed by atoms with van der Waals surface area (Å²) in [6.45, 7) is 6.03. The quantitative estimate of drug-likeness (QED) is 0.260. The third kappa shape index (κ3) is 7.70. The number of carbonyl (C=O) groups is 3. The SMILES string of the molecule is Cc1ccccc1CNC(=O)[C@H]1N(C(=O)[C@@H](O)[C@H](Cc2ccccc2)NC(=O)Nc2ccc(Br)cc2F)CSC1(C)C. The predicted molar refractivity (Wildman–Crippen MR) is 166 cm³/mol. The second-order valence-electron chi connectivity index (χ2n) is 10.7. The number of thioether (sulfide) groups is 1. The van der Waals surface area contributed by atoms with Gasteiger partial charge < -0.3 is 26.0 Å². The van der Waals surface area contributed by atoms with Crippen LogP contribution in [0.2, 0.25) is 0 Å². The molecule has 0 aromatic heterocycles. The number of hydrogen-bond donors (Lipinski definition) is 4. The number of carbonyl (C=O) groups excluding carboxylic acids is 3. The Bertz CT molecular complexity index is 1440. The van der Waals surface area contributed by atoms with E-state index in [1.807, 2.05) is 75.4 Å². The number of aliphatic hydroxyl groups is 1. The van der Waals surface area contributed by atoms with Crippen molar-refractivity contribution in [2.75, 3.05) is 11.2 Å². The summed E-state index contributed by atoms with van der Waals surface area (Å²) in [5, 5.41) is 19.4. The van der Waals surface area contributed by atoms with Crippen LogP contribution >= 0.6 is 27.7 Å². The first-order valence-electron chi connectivity index (χ1n) is 13.5. The van der Waals surface area contributed by atoms with Gasteiger partial charge in [-0.15, -0.1) is 11.8 Å². The molecule has 4 amide bonds. The highest BCUT2D eigenvalue weighted by Gasteiger charge is 2.49. The van der Waals surface area contributed by atoms with E-state index < -0.39 is 40.7 Å². The van der Waals surface area contributed by atoms with Crippen LogP contribution in [0, 0.1) is 12.7 Å². The van der Waals surface area contributed by atoms with Crippen molar-refractivity contribution in [3.63, 3.8) is 0 Å². The lowest BCUT2D eigenvalue weighted by Gasteiger charge is -2.33. The lowest BCUT2D eigenvalue weighted by Crippen LogP contribution is -2.59. The van der Waals surface area contributed by atoms with Crippen molar-refractivity contribution in [3.8, 4) is 0 Å². The first-order chi connectivity index (χ1) is 20.0. The Kier molecular flexibility index (Phi) is 10.3. The second kappa shape index (κ2) is 13.7. The van der Waals surface area contributed by atoms with Gasteiger partial charge in [-0.25, -0.2) is 9.18 Å². The topological polar surface area (TPSA) is 111 Å². The Labute approximate surface area is 257 Å². The molecule has 3 atom stereocenters. The molecule has 8 nitrogen and oxygen atoms in total. The van der Waals surface area contributed by atoms with Crippen molar-refractivity contribution in [2.45, 2.75) is 56.7 Å². The Morgan fingerprint density at radius 1 is 1.10 bits per heavy atom.